The van der Waals surface area contributed by atoms with Gasteiger partial charge in [-0.05, 0) is 46.6 Å². The van der Waals surface area contributed by atoms with Gasteiger partial charge in [0.15, 0.2) is 0 Å². The first-order valence-corrected chi connectivity index (χ1v) is 6.70. The van der Waals surface area contributed by atoms with Gasteiger partial charge >= 0.3 is 0 Å². The van der Waals surface area contributed by atoms with Crippen LogP contribution < -0.4 is 4.90 Å². The first-order valence-electron chi connectivity index (χ1n) is 5.90. The number of likely N-dealkylation sites (N-methyl/N-ethyl adjacent to an activating group) is 1. The van der Waals surface area contributed by atoms with Crippen LogP contribution >= 0.6 is 15.9 Å². The summed E-state index contributed by atoms with van der Waals surface area (Å²) in [5, 5.41) is 0. The second-order valence-electron chi connectivity index (χ2n) is 4.26. The number of anilines is 1. The quantitative estimate of drug-likeness (QED) is 0.868. The minimum atomic E-state index is 0.895. The summed E-state index contributed by atoms with van der Waals surface area (Å²) in [6, 6.07) is 8.00. The third kappa shape index (κ3) is 3.07. The van der Waals surface area contributed by atoms with Crippen molar-refractivity contribution in [3.05, 3.63) is 52.4 Å². The summed E-state index contributed by atoms with van der Waals surface area (Å²) in [6.07, 6.45) is 4.59. The van der Waals surface area contributed by atoms with Gasteiger partial charge in [0.1, 0.15) is 5.82 Å². The fourth-order valence-electron chi connectivity index (χ4n) is 1.73. The van der Waals surface area contributed by atoms with Crippen molar-refractivity contribution < 1.29 is 0 Å². The van der Waals surface area contributed by atoms with Crippen LogP contribution in [0, 0.1) is 6.92 Å². The van der Waals surface area contributed by atoms with E-state index in [0.29, 0.717) is 0 Å². The Kier molecular flexibility index (Phi) is 4.31. The molecule has 0 N–H and O–H groups in total. The second-order valence-corrected chi connectivity index (χ2v) is 5.05. The molecule has 0 bridgehead atoms. The SMILES string of the molecule is Cc1ccnc(N(C)CCc2ccccn2)c1Br. The molecule has 94 valence electrons. The van der Waals surface area contributed by atoms with E-state index in [2.05, 4.69) is 44.8 Å². The fourth-order valence-corrected chi connectivity index (χ4v) is 2.26. The van der Waals surface area contributed by atoms with Gasteiger partial charge in [-0.2, -0.15) is 0 Å². The Labute approximate surface area is 116 Å². The molecule has 0 aromatic carbocycles. The van der Waals surface area contributed by atoms with Gasteiger partial charge in [-0.1, -0.05) is 6.07 Å². The van der Waals surface area contributed by atoms with Gasteiger partial charge in [-0.3, -0.25) is 4.98 Å². The third-order valence-corrected chi connectivity index (χ3v) is 3.84. The van der Waals surface area contributed by atoms with Crippen molar-refractivity contribution in [1.82, 2.24) is 9.97 Å². The maximum Gasteiger partial charge on any atom is 0.142 e. The average molecular weight is 306 g/mol. The van der Waals surface area contributed by atoms with Gasteiger partial charge < -0.3 is 4.90 Å². The van der Waals surface area contributed by atoms with Crippen molar-refractivity contribution in [2.75, 3.05) is 18.5 Å². The summed E-state index contributed by atoms with van der Waals surface area (Å²) < 4.78 is 1.06. The molecular formula is C14H16BrN3. The number of hydrogen-bond acceptors (Lipinski definition) is 3. The normalized spacial score (nSPS) is 10.4. The minimum absolute atomic E-state index is 0.895. The summed E-state index contributed by atoms with van der Waals surface area (Å²) >= 11 is 3.59. The molecule has 0 unspecified atom stereocenters. The number of aromatic nitrogens is 2. The average Bonchev–Trinajstić information content (AvgIpc) is 2.40. The number of pyridine rings is 2. The van der Waals surface area contributed by atoms with Crippen molar-refractivity contribution in [2.24, 2.45) is 0 Å². The van der Waals surface area contributed by atoms with E-state index in [-0.39, 0.29) is 0 Å². The molecule has 0 spiro atoms. The third-order valence-electron chi connectivity index (χ3n) is 2.85. The van der Waals surface area contributed by atoms with E-state index in [4.69, 9.17) is 0 Å². The highest BCUT2D eigenvalue weighted by molar-refractivity contribution is 9.10. The number of nitrogens with zero attached hydrogens (tertiary/aromatic N) is 3. The molecule has 0 saturated carbocycles. The molecule has 0 aliphatic carbocycles. The van der Waals surface area contributed by atoms with Gasteiger partial charge in [0, 0.05) is 38.1 Å². The molecule has 18 heavy (non-hydrogen) atoms. The van der Waals surface area contributed by atoms with E-state index in [9.17, 15) is 0 Å². The van der Waals surface area contributed by atoms with Crippen LogP contribution in [0.15, 0.2) is 41.1 Å². The lowest BCUT2D eigenvalue weighted by atomic mass is 10.2. The summed E-state index contributed by atoms with van der Waals surface area (Å²) in [4.78, 5) is 10.9. The minimum Gasteiger partial charge on any atom is -0.358 e. The van der Waals surface area contributed by atoms with Crippen LogP contribution in [0.1, 0.15) is 11.3 Å². The van der Waals surface area contributed by atoms with Gasteiger partial charge in [0.05, 0.1) is 4.47 Å². The number of aryl methyl sites for hydroxylation is 1. The van der Waals surface area contributed by atoms with Crippen LogP contribution in [0.2, 0.25) is 0 Å². The van der Waals surface area contributed by atoms with E-state index >= 15 is 0 Å². The molecule has 0 fully saturated rings. The van der Waals surface area contributed by atoms with Crippen molar-refractivity contribution in [2.45, 2.75) is 13.3 Å². The monoisotopic (exact) mass is 305 g/mol. The van der Waals surface area contributed by atoms with Crippen LogP contribution in [0.4, 0.5) is 5.82 Å². The Balaban J connectivity index is 2.04. The Morgan fingerprint density at radius 3 is 2.72 bits per heavy atom. The van der Waals surface area contributed by atoms with Gasteiger partial charge in [-0.25, -0.2) is 4.98 Å². The van der Waals surface area contributed by atoms with E-state index in [1.165, 1.54) is 5.56 Å². The smallest absolute Gasteiger partial charge is 0.142 e. The first-order chi connectivity index (χ1) is 8.68. The van der Waals surface area contributed by atoms with Crippen molar-refractivity contribution in [3.63, 3.8) is 0 Å². The lowest BCUT2D eigenvalue weighted by molar-refractivity contribution is 0.836. The van der Waals surface area contributed by atoms with Gasteiger partial charge in [-0.15, -0.1) is 0 Å². The molecule has 0 atom stereocenters. The number of rotatable bonds is 4. The summed E-state index contributed by atoms with van der Waals surface area (Å²) in [7, 11) is 2.05. The highest BCUT2D eigenvalue weighted by atomic mass is 79.9. The molecule has 2 heterocycles. The largest absolute Gasteiger partial charge is 0.358 e. The maximum absolute atomic E-state index is 4.41. The van der Waals surface area contributed by atoms with E-state index in [1.54, 1.807) is 0 Å². The highest BCUT2D eigenvalue weighted by Gasteiger charge is 2.09. The lowest BCUT2D eigenvalue weighted by Gasteiger charge is -2.19. The lowest BCUT2D eigenvalue weighted by Crippen LogP contribution is -2.22. The summed E-state index contributed by atoms with van der Waals surface area (Å²) in [5.41, 5.74) is 2.30. The second kappa shape index (κ2) is 5.96. The number of halogens is 1. The van der Waals surface area contributed by atoms with Crippen LogP contribution in [0.25, 0.3) is 0 Å². The molecule has 0 radical (unpaired) electrons. The zero-order chi connectivity index (χ0) is 13.0. The molecule has 2 rings (SSSR count). The standard InChI is InChI=1S/C14H16BrN3/c1-11-6-9-17-14(13(11)15)18(2)10-7-12-5-3-4-8-16-12/h3-6,8-9H,7,10H2,1-2H3. The molecular weight excluding hydrogens is 290 g/mol. The van der Waals surface area contributed by atoms with Crippen LogP contribution in [0.3, 0.4) is 0 Å². The highest BCUT2D eigenvalue weighted by Crippen LogP contribution is 2.25. The van der Waals surface area contributed by atoms with Crippen LogP contribution in [0.5, 0.6) is 0 Å². The Hall–Kier alpha value is -1.42. The zero-order valence-corrected chi connectivity index (χ0v) is 12.2. The summed E-state index contributed by atoms with van der Waals surface area (Å²) in [5.74, 6) is 0.978. The van der Waals surface area contributed by atoms with E-state index in [0.717, 1.165) is 29.0 Å². The van der Waals surface area contributed by atoms with Crippen molar-refractivity contribution in [1.29, 1.82) is 0 Å². The van der Waals surface area contributed by atoms with Gasteiger partial charge in [0.2, 0.25) is 0 Å². The predicted molar refractivity (Wildman–Crippen MR) is 77.9 cm³/mol. The summed E-state index contributed by atoms with van der Waals surface area (Å²) in [6.45, 7) is 2.97. The molecule has 4 heteroatoms. The number of hydrogen-bond donors (Lipinski definition) is 0. The molecule has 2 aromatic heterocycles. The van der Waals surface area contributed by atoms with Gasteiger partial charge in [0.25, 0.3) is 0 Å². The van der Waals surface area contributed by atoms with Crippen molar-refractivity contribution in [3.8, 4) is 0 Å². The first kappa shape index (κ1) is 13.0. The van der Waals surface area contributed by atoms with Crippen LogP contribution in [-0.4, -0.2) is 23.6 Å². The Morgan fingerprint density at radius 1 is 1.17 bits per heavy atom. The maximum atomic E-state index is 4.41. The molecule has 0 amide bonds. The molecule has 0 aliphatic rings. The molecule has 0 saturated heterocycles. The predicted octanol–water partition coefficient (Wildman–Crippen LogP) is 3.23. The van der Waals surface area contributed by atoms with E-state index < -0.39 is 0 Å². The van der Waals surface area contributed by atoms with E-state index in [1.807, 2.05) is 36.7 Å². The molecule has 3 nitrogen and oxygen atoms in total. The van der Waals surface area contributed by atoms with Crippen molar-refractivity contribution >= 4 is 21.7 Å². The zero-order valence-electron chi connectivity index (χ0n) is 10.6. The molecule has 0 aliphatic heterocycles. The Morgan fingerprint density at radius 2 is 2.00 bits per heavy atom. The fraction of sp³-hybridized carbons (Fsp3) is 0.286. The topological polar surface area (TPSA) is 29.0 Å². The van der Waals surface area contributed by atoms with Crippen LogP contribution in [-0.2, 0) is 6.42 Å². The molecule has 2 aromatic rings. The Bertz CT molecular complexity index is 514.